The van der Waals surface area contributed by atoms with Gasteiger partial charge in [-0.15, -0.1) is 0 Å². The molecule has 0 spiro atoms. The summed E-state index contributed by atoms with van der Waals surface area (Å²) in [6, 6.07) is 45.0. The highest BCUT2D eigenvalue weighted by Gasteiger charge is 2.11. The van der Waals surface area contributed by atoms with Gasteiger partial charge in [0.2, 0.25) is 0 Å². The molecule has 0 saturated heterocycles. The molecule has 5 aromatic carbocycles. The number of aromatic nitrogens is 2. The summed E-state index contributed by atoms with van der Waals surface area (Å²) in [6.45, 7) is 5.14. The van der Waals surface area contributed by atoms with Crippen molar-refractivity contribution >= 4 is 30.4 Å². The molecule has 0 bridgehead atoms. The summed E-state index contributed by atoms with van der Waals surface area (Å²) in [5, 5.41) is 0. The maximum absolute atomic E-state index is 5.04. The van der Waals surface area contributed by atoms with Gasteiger partial charge in [0.05, 0.1) is 6.54 Å². The second-order valence-electron chi connectivity index (χ2n) is 11.4. The Morgan fingerprint density at radius 2 is 1.20 bits per heavy atom. The van der Waals surface area contributed by atoms with Gasteiger partial charge in [-0.05, 0) is 52.7 Å². The average Bonchev–Trinajstić information content (AvgIpc) is 3.19. The Morgan fingerprint density at radius 3 is 1.82 bits per heavy atom. The number of hydrogen-bond acceptors (Lipinski definition) is 5. The van der Waals surface area contributed by atoms with E-state index in [4.69, 9.17) is 9.98 Å². The first kappa shape index (κ1) is 31.1. The molecule has 0 N–H and O–H groups in total. The molecule has 1 aliphatic heterocycles. The molecule has 7 heteroatoms. The molecular weight excluding hydrogens is 603 g/mol. The lowest BCUT2D eigenvalue weighted by atomic mass is 10.0. The van der Waals surface area contributed by atoms with E-state index in [1.165, 1.54) is 0 Å². The second kappa shape index (κ2) is 15.0. The van der Waals surface area contributed by atoms with Gasteiger partial charge in [0.1, 0.15) is 0 Å². The molecule has 0 aliphatic carbocycles. The SMILES string of the molecule is C=NC(=NC(=NCc1ccccc1)c1cccc(-c2ccc(-c3ncccn3)cc2)c1)c1cccc(-c2ccc(C3=NCCC=N3)cc2)c1. The van der Waals surface area contributed by atoms with Crippen LogP contribution in [0.3, 0.4) is 0 Å². The van der Waals surface area contributed by atoms with Crippen LogP contribution >= 0.6 is 0 Å². The predicted octanol–water partition coefficient (Wildman–Crippen LogP) is 8.79. The van der Waals surface area contributed by atoms with Gasteiger partial charge < -0.3 is 0 Å². The lowest BCUT2D eigenvalue weighted by Gasteiger charge is -2.10. The molecule has 6 aromatic rings. The molecule has 0 atom stereocenters. The molecule has 2 heterocycles. The highest BCUT2D eigenvalue weighted by Crippen LogP contribution is 2.26. The van der Waals surface area contributed by atoms with E-state index >= 15 is 0 Å². The van der Waals surface area contributed by atoms with Gasteiger partial charge in [0, 0.05) is 53.8 Å². The average molecular weight is 636 g/mol. The first-order valence-corrected chi connectivity index (χ1v) is 16.1. The highest BCUT2D eigenvalue weighted by atomic mass is 15.0. The number of rotatable bonds is 8. The Bertz CT molecular complexity index is 2180. The number of nitrogens with zero attached hydrogens (tertiary/aromatic N) is 7. The lowest BCUT2D eigenvalue weighted by Crippen LogP contribution is -2.06. The van der Waals surface area contributed by atoms with Gasteiger partial charge in [0.15, 0.2) is 23.3 Å². The van der Waals surface area contributed by atoms with Crippen LogP contribution in [-0.2, 0) is 6.54 Å². The van der Waals surface area contributed by atoms with Crippen molar-refractivity contribution in [3.63, 3.8) is 0 Å². The summed E-state index contributed by atoms with van der Waals surface area (Å²) in [4.78, 5) is 32.2. The standard InChI is InChI=1S/C42H33N7/c1-43-39(37-13-5-11-35(27-37)31-15-19-33(20-16-31)40-44-23-7-24-45-40)49-42(48-29-30-9-3-2-4-10-30)38-14-6-12-36(28-38)32-17-21-34(22-18-32)41-46-25-8-26-47-41/h2-6,8-23,25-28H,1,7,24,29H2. The van der Waals surface area contributed by atoms with Crippen molar-refractivity contribution in [2.45, 2.75) is 13.0 Å². The predicted molar refractivity (Wildman–Crippen MR) is 202 cm³/mol. The first-order valence-electron chi connectivity index (χ1n) is 16.1. The largest absolute Gasteiger partial charge is 0.266 e. The van der Waals surface area contributed by atoms with Crippen LogP contribution in [0.2, 0.25) is 0 Å². The summed E-state index contributed by atoms with van der Waals surface area (Å²) >= 11 is 0. The van der Waals surface area contributed by atoms with Crippen LogP contribution in [0.1, 0.15) is 28.7 Å². The molecule has 0 saturated carbocycles. The monoisotopic (exact) mass is 635 g/mol. The van der Waals surface area contributed by atoms with Crippen LogP contribution in [0.5, 0.6) is 0 Å². The van der Waals surface area contributed by atoms with Crippen molar-refractivity contribution in [2.24, 2.45) is 25.0 Å². The van der Waals surface area contributed by atoms with E-state index in [1.807, 2.05) is 66.9 Å². The van der Waals surface area contributed by atoms with E-state index in [0.29, 0.717) is 24.0 Å². The van der Waals surface area contributed by atoms with Crippen molar-refractivity contribution in [1.82, 2.24) is 9.97 Å². The number of hydrogen-bond donors (Lipinski definition) is 0. The van der Waals surface area contributed by atoms with E-state index in [9.17, 15) is 0 Å². The molecule has 7 rings (SSSR count). The first-order chi connectivity index (χ1) is 24.2. The van der Waals surface area contributed by atoms with Crippen molar-refractivity contribution in [2.75, 3.05) is 6.54 Å². The minimum absolute atomic E-state index is 0.474. The smallest absolute Gasteiger partial charge is 0.161 e. The zero-order valence-electron chi connectivity index (χ0n) is 26.9. The second-order valence-corrected chi connectivity index (χ2v) is 11.4. The van der Waals surface area contributed by atoms with Crippen LogP contribution in [0.4, 0.5) is 0 Å². The third kappa shape index (κ3) is 7.58. The Hall–Kier alpha value is -6.47. The van der Waals surface area contributed by atoms with Crippen LogP contribution in [0.25, 0.3) is 33.6 Å². The molecule has 1 aliphatic rings. The van der Waals surface area contributed by atoms with Crippen molar-refractivity contribution in [1.29, 1.82) is 0 Å². The maximum atomic E-state index is 5.04. The molecule has 7 nitrogen and oxygen atoms in total. The van der Waals surface area contributed by atoms with E-state index in [2.05, 4.69) is 104 Å². The molecule has 1 aromatic heterocycles. The number of aliphatic imine (C=N–C) groups is 5. The van der Waals surface area contributed by atoms with Crippen molar-refractivity contribution in [3.8, 4) is 33.6 Å². The van der Waals surface area contributed by atoms with E-state index in [1.54, 1.807) is 12.4 Å². The fraction of sp³-hybridized carbons (Fsp3) is 0.0714. The summed E-state index contributed by atoms with van der Waals surface area (Å²) in [5.74, 6) is 2.55. The van der Waals surface area contributed by atoms with Crippen LogP contribution in [0, 0.1) is 0 Å². The van der Waals surface area contributed by atoms with Gasteiger partial charge in [-0.25, -0.2) is 24.9 Å². The van der Waals surface area contributed by atoms with Crippen LogP contribution < -0.4 is 0 Å². The Kier molecular flexibility index (Phi) is 9.51. The van der Waals surface area contributed by atoms with Crippen molar-refractivity contribution < 1.29 is 0 Å². The molecule has 236 valence electrons. The molecule has 0 unspecified atom stereocenters. The van der Waals surface area contributed by atoms with Gasteiger partial charge in [0.25, 0.3) is 0 Å². The third-order valence-corrected chi connectivity index (χ3v) is 8.11. The topological polar surface area (TPSA) is 87.6 Å². The lowest BCUT2D eigenvalue weighted by molar-refractivity contribution is 1.03. The summed E-state index contributed by atoms with van der Waals surface area (Å²) in [5.41, 5.74) is 9.02. The fourth-order valence-corrected chi connectivity index (χ4v) is 5.57. The Morgan fingerprint density at radius 1 is 0.592 bits per heavy atom. The van der Waals surface area contributed by atoms with E-state index in [-0.39, 0.29) is 0 Å². The molecule has 0 fully saturated rings. The number of amidine groups is 3. The quantitative estimate of drug-likeness (QED) is 0.124. The van der Waals surface area contributed by atoms with Gasteiger partial charge >= 0.3 is 0 Å². The summed E-state index contributed by atoms with van der Waals surface area (Å²) < 4.78 is 0. The van der Waals surface area contributed by atoms with Crippen molar-refractivity contribution in [3.05, 3.63) is 168 Å². The highest BCUT2D eigenvalue weighted by molar-refractivity contribution is 6.13. The minimum Gasteiger partial charge on any atom is -0.266 e. The fourth-order valence-electron chi connectivity index (χ4n) is 5.57. The Balaban J connectivity index is 1.21. The molecule has 0 amide bonds. The summed E-state index contributed by atoms with van der Waals surface area (Å²) in [7, 11) is 0. The van der Waals surface area contributed by atoms with Gasteiger partial charge in [-0.1, -0.05) is 115 Å². The number of benzene rings is 5. The molecule has 49 heavy (non-hydrogen) atoms. The maximum Gasteiger partial charge on any atom is 0.161 e. The zero-order valence-corrected chi connectivity index (χ0v) is 26.9. The van der Waals surface area contributed by atoms with Crippen LogP contribution in [0.15, 0.2) is 171 Å². The molecular formula is C42H33N7. The normalized spacial score (nSPS) is 13.2. The summed E-state index contributed by atoms with van der Waals surface area (Å²) in [6.07, 6.45) is 6.31. The van der Waals surface area contributed by atoms with E-state index in [0.717, 1.165) is 68.9 Å². The molecule has 0 radical (unpaired) electrons. The van der Waals surface area contributed by atoms with Gasteiger partial charge in [-0.2, -0.15) is 0 Å². The van der Waals surface area contributed by atoms with Gasteiger partial charge in [-0.3, -0.25) is 9.98 Å². The Labute approximate surface area is 286 Å². The van der Waals surface area contributed by atoms with E-state index < -0.39 is 0 Å². The zero-order chi connectivity index (χ0) is 33.3. The minimum atomic E-state index is 0.474. The van der Waals surface area contributed by atoms with Crippen LogP contribution in [-0.4, -0.2) is 47.0 Å². The third-order valence-electron chi connectivity index (χ3n) is 8.11.